The number of amides is 1. The highest BCUT2D eigenvalue weighted by atomic mass is 19.1. The highest BCUT2D eigenvalue weighted by molar-refractivity contribution is 5.92. The molecule has 2 aromatic rings. The van der Waals surface area contributed by atoms with Gasteiger partial charge in [0.1, 0.15) is 29.5 Å². The van der Waals surface area contributed by atoms with E-state index in [0.29, 0.717) is 30.6 Å². The normalized spacial score (nSPS) is 17.9. The first-order valence-electron chi connectivity index (χ1n) is 13.3. The summed E-state index contributed by atoms with van der Waals surface area (Å²) in [4.78, 5) is 38.4. The number of hydrogen-bond donors (Lipinski definition) is 1. The molecule has 0 radical (unpaired) electrons. The third-order valence-electron chi connectivity index (χ3n) is 7.65. The van der Waals surface area contributed by atoms with E-state index in [1.54, 1.807) is 6.92 Å². The van der Waals surface area contributed by atoms with Crippen LogP contribution in [0, 0.1) is 17.6 Å². The summed E-state index contributed by atoms with van der Waals surface area (Å²) in [5, 5.41) is 9.36. The molecule has 1 N–H and O–H groups in total. The SMILES string of the molecule is CCN(Cc1cccc(N2CC(N3CCN(C(C)C)CC3)C2)n1)C(=O)C(C=O)Cc1c(F)cc(O)cc1F. The second-order valence-corrected chi connectivity index (χ2v) is 10.4. The monoisotopic (exact) mass is 529 g/mol. The van der Waals surface area contributed by atoms with Crippen LogP contribution in [0.5, 0.6) is 5.75 Å². The molecule has 0 saturated carbocycles. The molecule has 8 nitrogen and oxygen atoms in total. The summed E-state index contributed by atoms with van der Waals surface area (Å²) >= 11 is 0. The number of anilines is 1. The molecule has 1 aromatic carbocycles. The molecular formula is C28H37F2N5O3. The van der Waals surface area contributed by atoms with Gasteiger partial charge in [0.2, 0.25) is 5.91 Å². The minimum Gasteiger partial charge on any atom is -0.508 e. The van der Waals surface area contributed by atoms with Gasteiger partial charge in [-0.3, -0.25) is 14.6 Å². The zero-order valence-electron chi connectivity index (χ0n) is 22.3. The van der Waals surface area contributed by atoms with E-state index in [0.717, 1.165) is 57.2 Å². The molecule has 206 valence electrons. The van der Waals surface area contributed by atoms with E-state index in [4.69, 9.17) is 4.98 Å². The van der Waals surface area contributed by atoms with Gasteiger partial charge in [0.15, 0.2) is 0 Å². The molecule has 0 bridgehead atoms. The van der Waals surface area contributed by atoms with Crippen molar-refractivity contribution in [3.63, 3.8) is 0 Å². The van der Waals surface area contributed by atoms with Crippen molar-refractivity contribution in [2.45, 2.75) is 45.8 Å². The van der Waals surface area contributed by atoms with Gasteiger partial charge >= 0.3 is 0 Å². The molecule has 38 heavy (non-hydrogen) atoms. The number of hydrogen-bond acceptors (Lipinski definition) is 7. The van der Waals surface area contributed by atoms with Gasteiger partial charge in [-0.15, -0.1) is 0 Å². The van der Waals surface area contributed by atoms with Crippen molar-refractivity contribution in [1.82, 2.24) is 19.7 Å². The molecule has 2 aliphatic rings. The maximum atomic E-state index is 14.2. The van der Waals surface area contributed by atoms with Gasteiger partial charge in [0.05, 0.1) is 18.2 Å². The zero-order chi connectivity index (χ0) is 27.4. The number of halogens is 2. The average molecular weight is 530 g/mol. The van der Waals surface area contributed by atoms with Crippen molar-refractivity contribution >= 4 is 18.0 Å². The Bertz CT molecular complexity index is 1110. The maximum absolute atomic E-state index is 14.2. The van der Waals surface area contributed by atoms with Crippen molar-refractivity contribution in [3.8, 4) is 5.75 Å². The van der Waals surface area contributed by atoms with Gasteiger partial charge in [-0.2, -0.15) is 0 Å². The molecule has 1 atom stereocenters. The Morgan fingerprint density at radius 1 is 1.16 bits per heavy atom. The van der Waals surface area contributed by atoms with Crippen LogP contribution < -0.4 is 4.90 Å². The van der Waals surface area contributed by atoms with Gasteiger partial charge in [-0.1, -0.05) is 6.07 Å². The predicted molar refractivity (Wildman–Crippen MR) is 141 cm³/mol. The standard InChI is InChI=1S/C28H37F2N5O3/c1-4-32(28(38)20(18-36)12-24-25(29)13-23(37)14-26(24)30)15-21-6-5-7-27(31-21)35-16-22(17-35)34-10-8-33(9-11-34)19(2)3/h5-7,13-14,18-20,22,37H,4,8-12,15-17H2,1-3H3. The Hall–Kier alpha value is -3.11. The van der Waals surface area contributed by atoms with Crippen LogP contribution in [0.4, 0.5) is 14.6 Å². The minimum atomic E-state index is -1.25. The molecule has 2 aliphatic heterocycles. The predicted octanol–water partition coefficient (Wildman–Crippen LogP) is 2.69. The van der Waals surface area contributed by atoms with E-state index in [-0.39, 0.29) is 6.54 Å². The molecule has 3 heterocycles. The molecule has 10 heteroatoms. The average Bonchev–Trinajstić information content (AvgIpc) is 2.86. The summed E-state index contributed by atoms with van der Waals surface area (Å²) in [6.45, 7) is 12.9. The summed E-state index contributed by atoms with van der Waals surface area (Å²) in [5.74, 6) is -3.46. The van der Waals surface area contributed by atoms with Gasteiger partial charge < -0.3 is 19.7 Å². The minimum absolute atomic E-state index is 0.183. The summed E-state index contributed by atoms with van der Waals surface area (Å²) < 4.78 is 28.4. The Morgan fingerprint density at radius 2 is 1.82 bits per heavy atom. The summed E-state index contributed by atoms with van der Waals surface area (Å²) in [5.41, 5.74) is 0.278. The van der Waals surface area contributed by atoms with E-state index >= 15 is 0 Å². The number of aldehydes is 1. The first kappa shape index (κ1) is 27.9. The summed E-state index contributed by atoms with van der Waals surface area (Å²) in [6, 6.07) is 8.32. The van der Waals surface area contributed by atoms with Crippen molar-refractivity contribution in [3.05, 3.63) is 53.2 Å². The van der Waals surface area contributed by atoms with E-state index in [9.17, 15) is 23.5 Å². The van der Waals surface area contributed by atoms with E-state index in [1.807, 2.05) is 18.2 Å². The molecule has 4 rings (SSSR count). The molecule has 2 saturated heterocycles. The number of rotatable bonds is 10. The topological polar surface area (TPSA) is 80.2 Å². The summed E-state index contributed by atoms with van der Waals surface area (Å²) in [7, 11) is 0. The smallest absolute Gasteiger partial charge is 0.233 e. The molecule has 2 fully saturated rings. The van der Waals surface area contributed by atoms with Crippen LogP contribution in [-0.2, 0) is 22.6 Å². The lowest BCUT2D eigenvalue weighted by atomic mass is 9.98. The van der Waals surface area contributed by atoms with Crippen LogP contribution in [-0.4, -0.2) is 94.9 Å². The molecule has 1 unspecified atom stereocenters. The lowest BCUT2D eigenvalue weighted by Crippen LogP contribution is -2.63. The third kappa shape index (κ3) is 6.30. The number of carbonyl (C=O) groups excluding carboxylic acids is 2. The number of nitrogens with zero attached hydrogens (tertiary/aromatic N) is 5. The van der Waals surface area contributed by atoms with Crippen molar-refractivity contribution in [2.75, 3.05) is 50.7 Å². The first-order valence-corrected chi connectivity index (χ1v) is 13.3. The number of pyridine rings is 1. The summed E-state index contributed by atoms with van der Waals surface area (Å²) in [6.07, 6.45) is -0.00733. The Kier molecular flexibility index (Phi) is 8.94. The second kappa shape index (κ2) is 12.2. The van der Waals surface area contributed by atoms with Gasteiger partial charge in [-0.25, -0.2) is 13.8 Å². The number of phenolic OH excluding ortho intramolecular Hbond substituents is 1. The number of aromatic nitrogens is 1. The second-order valence-electron chi connectivity index (χ2n) is 10.4. The fraction of sp³-hybridized carbons (Fsp3) is 0.536. The number of phenols is 1. The van der Waals surface area contributed by atoms with Crippen LogP contribution in [0.2, 0.25) is 0 Å². The van der Waals surface area contributed by atoms with Crippen LogP contribution in [0.15, 0.2) is 30.3 Å². The van der Waals surface area contributed by atoms with Crippen LogP contribution >= 0.6 is 0 Å². The number of piperazine rings is 1. The fourth-order valence-corrected chi connectivity index (χ4v) is 5.20. The lowest BCUT2D eigenvalue weighted by Gasteiger charge is -2.49. The zero-order valence-corrected chi connectivity index (χ0v) is 22.3. The highest BCUT2D eigenvalue weighted by Gasteiger charge is 2.34. The van der Waals surface area contributed by atoms with Gasteiger partial charge in [0, 0.05) is 75.6 Å². The molecule has 0 aliphatic carbocycles. The Morgan fingerprint density at radius 3 is 2.39 bits per heavy atom. The van der Waals surface area contributed by atoms with Crippen LogP contribution in [0.1, 0.15) is 32.0 Å². The Balaban J connectivity index is 1.35. The maximum Gasteiger partial charge on any atom is 0.233 e. The first-order chi connectivity index (χ1) is 18.2. The highest BCUT2D eigenvalue weighted by Crippen LogP contribution is 2.25. The van der Waals surface area contributed by atoms with E-state index in [2.05, 4.69) is 28.5 Å². The largest absolute Gasteiger partial charge is 0.508 e. The third-order valence-corrected chi connectivity index (χ3v) is 7.65. The molecule has 1 aromatic heterocycles. The van der Waals surface area contributed by atoms with Crippen molar-refractivity contribution < 1.29 is 23.5 Å². The van der Waals surface area contributed by atoms with Gasteiger partial charge in [0.25, 0.3) is 0 Å². The fourth-order valence-electron chi connectivity index (χ4n) is 5.20. The number of benzene rings is 1. The van der Waals surface area contributed by atoms with Crippen LogP contribution in [0.25, 0.3) is 0 Å². The van der Waals surface area contributed by atoms with Crippen molar-refractivity contribution in [1.29, 1.82) is 0 Å². The Labute approximate surface area is 222 Å². The number of aromatic hydroxyl groups is 1. The molecule has 0 spiro atoms. The van der Waals surface area contributed by atoms with E-state index in [1.165, 1.54) is 4.90 Å². The van der Waals surface area contributed by atoms with Gasteiger partial charge in [-0.05, 0) is 39.3 Å². The molecule has 1 amide bonds. The van der Waals surface area contributed by atoms with Crippen LogP contribution in [0.3, 0.4) is 0 Å². The van der Waals surface area contributed by atoms with Crippen molar-refractivity contribution in [2.24, 2.45) is 5.92 Å². The van der Waals surface area contributed by atoms with E-state index < -0.39 is 41.2 Å². The quantitative estimate of drug-likeness (QED) is 0.375. The number of carbonyl (C=O) groups is 2. The lowest BCUT2D eigenvalue weighted by molar-refractivity contribution is -0.138. The molecular weight excluding hydrogens is 492 g/mol.